The molecule has 0 radical (unpaired) electrons. The third kappa shape index (κ3) is 8.23. The van der Waals surface area contributed by atoms with Gasteiger partial charge in [-0.05, 0) is 141 Å². The van der Waals surface area contributed by atoms with Crippen molar-refractivity contribution in [2.45, 2.75) is 129 Å². The first-order chi connectivity index (χ1) is 25.8. The maximum Gasteiger partial charge on any atom is 0.336 e. The molecule has 0 saturated heterocycles. The summed E-state index contributed by atoms with van der Waals surface area (Å²) in [6.07, 6.45) is 10.2. The van der Waals surface area contributed by atoms with Crippen LogP contribution in [0, 0.1) is 46.3 Å². The van der Waals surface area contributed by atoms with Crippen molar-refractivity contribution in [3.63, 3.8) is 0 Å². The zero-order chi connectivity index (χ0) is 38.8. The highest BCUT2D eigenvalue weighted by molar-refractivity contribution is 5.87. The van der Waals surface area contributed by atoms with Gasteiger partial charge in [-0.1, -0.05) is 20.8 Å². The van der Waals surface area contributed by atoms with Crippen LogP contribution in [0.15, 0.2) is 33.5 Å². The van der Waals surface area contributed by atoms with Crippen LogP contribution in [0.3, 0.4) is 0 Å². The van der Waals surface area contributed by atoms with Gasteiger partial charge in [0.15, 0.2) is 0 Å². The molecule has 298 valence electrons. The minimum absolute atomic E-state index is 0.0169. The number of methoxy groups -OCH3 is 2. The molecule has 4 aliphatic rings. The lowest BCUT2D eigenvalue weighted by molar-refractivity contribution is -0.174. The second-order valence-corrected chi connectivity index (χ2v) is 17.6. The van der Waals surface area contributed by atoms with E-state index in [1.807, 2.05) is 0 Å². The molecule has 0 spiro atoms. The minimum atomic E-state index is -0.761. The number of fused-ring (bicyclic) bond motifs is 6. The van der Waals surface area contributed by atoms with Crippen molar-refractivity contribution in [2.75, 3.05) is 20.8 Å². The second-order valence-electron chi connectivity index (χ2n) is 17.6. The van der Waals surface area contributed by atoms with Crippen molar-refractivity contribution in [1.82, 2.24) is 10.6 Å². The van der Waals surface area contributed by atoms with E-state index in [0.717, 1.165) is 57.8 Å². The highest BCUT2D eigenvalue weighted by Crippen LogP contribution is 2.68. The molecule has 2 aromatic rings. The summed E-state index contributed by atoms with van der Waals surface area (Å²) in [4.78, 5) is 50.7. The Morgan fingerprint density at radius 1 is 0.944 bits per heavy atom. The standard InChI is InChI=1S/C43H62N2O9/c1-25(31-12-13-32-40-33(16-18-43(31,32)3)42(2)17-15-28(46)22-27(42)23-35(40)47)9-14-37(48)45-34(41(51)53-5)8-6-7-19-44-38(49)20-26-21-39(50)54-36-24-29(52-4)10-11-30(26)36/h10-11,21,24-25,27-28,31-35,40,46-47H,6-9,12-20,22-23H2,1-5H3,(H,44,49)(H,45,48)/t25-,27?,28-,31?,32?,33?,34+,35+,40?,42+,43-/m1/s1. The summed E-state index contributed by atoms with van der Waals surface area (Å²) in [6, 6.07) is 5.70. The Hall–Kier alpha value is -3.44. The Morgan fingerprint density at radius 2 is 1.70 bits per heavy atom. The maximum absolute atomic E-state index is 13.2. The van der Waals surface area contributed by atoms with Gasteiger partial charge in [-0.15, -0.1) is 0 Å². The van der Waals surface area contributed by atoms with Gasteiger partial charge in [0.25, 0.3) is 0 Å². The molecule has 54 heavy (non-hydrogen) atoms. The fourth-order valence-corrected chi connectivity index (χ4v) is 11.8. The summed E-state index contributed by atoms with van der Waals surface area (Å²) in [7, 11) is 2.85. The number of carbonyl (C=O) groups is 3. The molecule has 0 aliphatic heterocycles. The molecule has 1 heterocycles. The second kappa shape index (κ2) is 16.7. The van der Waals surface area contributed by atoms with Crippen LogP contribution in [0.25, 0.3) is 11.0 Å². The molecular formula is C43H62N2O9. The SMILES string of the molecule is COC(=O)[C@H](CCCCNC(=O)Cc1cc(=O)oc2cc(OC)ccc12)NC(=O)CC[C@@H](C)C1CCC2C3C(CC[C@@]21C)[C@@]1(C)CC[C@@H](O)CC1C[C@@H]3O. The third-order valence-corrected chi connectivity index (χ3v) is 14.7. The number of esters is 1. The smallest absolute Gasteiger partial charge is 0.336 e. The summed E-state index contributed by atoms with van der Waals surface area (Å²) < 4.78 is 15.5. The van der Waals surface area contributed by atoms with E-state index in [0.29, 0.717) is 90.0 Å². The molecule has 4 N–H and O–H groups in total. The van der Waals surface area contributed by atoms with E-state index in [2.05, 4.69) is 31.4 Å². The summed E-state index contributed by atoms with van der Waals surface area (Å²) in [5, 5.41) is 28.5. The zero-order valence-corrected chi connectivity index (χ0v) is 32.9. The maximum atomic E-state index is 13.2. The van der Waals surface area contributed by atoms with E-state index in [4.69, 9.17) is 13.9 Å². The van der Waals surface area contributed by atoms with Crippen molar-refractivity contribution >= 4 is 28.8 Å². The van der Waals surface area contributed by atoms with Crippen LogP contribution >= 0.6 is 0 Å². The molecule has 11 heteroatoms. The van der Waals surface area contributed by atoms with E-state index in [9.17, 15) is 29.4 Å². The van der Waals surface area contributed by atoms with Crippen molar-refractivity contribution in [3.8, 4) is 5.75 Å². The van der Waals surface area contributed by atoms with Gasteiger partial charge < -0.3 is 34.7 Å². The number of amides is 2. The van der Waals surface area contributed by atoms with Crippen molar-refractivity contribution in [2.24, 2.45) is 46.3 Å². The topological polar surface area (TPSA) is 164 Å². The average molecular weight is 751 g/mol. The lowest BCUT2D eigenvalue weighted by Crippen LogP contribution is -2.58. The fraction of sp³-hybridized carbons (Fsp3) is 0.721. The first kappa shape index (κ1) is 40.2. The van der Waals surface area contributed by atoms with Gasteiger partial charge in [0, 0.05) is 30.5 Å². The highest BCUT2D eigenvalue weighted by atomic mass is 16.5. The van der Waals surface area contributed by atoms with Gasteiger partial charge in [0.1, 0.15) is 17.4 Å². The summed E-state index contributed by atoms with van der Waals surface area (Å²) in [5.41, 5.74) is 0.717. The Balaban J connectivity index is 0.953. The largest absolute Gasteiger partial charge is 0.497 e. The fourth-order valence-electron chi connectivity index (χ4n) is 11.8. The Bertz CT molecular complexity index is 1730. The number of carbonyl (C=O) groups excluding carboxylic acids is 3. The van der Waals surface area contributed by atoms with Gasteiger partial charge in [-0.25, -0.2) is 9.59 Å². The van der Waals surface area contributed by atoms with E-state index < -0.39 is 17.6 Å². The average Bonchev–Trinajstić information content (AvgIpc) is 3.50. The normalized spacial score (nSPS) is 32.8. The van der Waals surface area contributed by atoms with E-state index in [-0.39, 0.29) is 41.3 Å². The molecule has 4 aliphatic carbocycles. The van der Waals surface area contributed by atoms with Crippen LogP contribution in [0.4, 0.5) is 0 Å². The first-order valence-corrected chi connectivity index (χ1v) is 20.4. The van der Waals surface area contributed by atoms with Gasteiger partial charge in [-0.2, -0.15) is 0 Å². The molecule has 6 rings (SSSR count). The lowest BCUT2D eigenvalue weighted by atomic mass is 9.43. The van der Waals surface area contributed by atoms with Gasteiger partial charge in [0.2, 0.25) is 11.8 Å². The Morgan fingerprint density at radius 3 is 2.46 bits per heavy atom. The van der Waals surface area contributed by atoms with Gasteiger partial charge >= 0.3 is 11.6 Å². The number of aliphatic hydroxyl groups is 2. The predicted octanol–water partition coefficient (Wildman–Crippen LogP) is 5.70. The first-order valence-electron chi connectivity index (χ1n) is 20.4. The number of unbranched alkanes of at least 4 members (excludes halogenated alkanes) is 1. The van der Waals surface area contributed by atoms with Crippen LogP contribution < -0.4 is 21.0 Å². The number of ether oxygens (including phenoxy) is 2. The number of hydrogen-bond acceptors (Lipinski definition) is 9. The Kier molecular flexibility index (Phi) is 12.5. The molecule has 2 amide bonds. The zero-order valence-electron chi connectivity index (χ0n) is 32.9. The van der Waals surface area contributed by atoms with E-state index in [1.54, 1.807) is 18.2 Å². The van der Waals surface area contributed by atoms with Gasteiger partial charge in [-0.3, -0.25) is 9.59 Å². The molecule has 11 atom stereocenters. The van der Waals surface area contributed by atoms with Crippen molar-refractivity contribution in [3.05, 3.63) is 40.2 Å². The number of benzene rings is 1. The van der Waals surface area contributed by atoms with E-state index in [1.165, 1.54) is 20.3 Å². The van der Waals surface area contributed by atoms with Gasteiger partial charge in [0.05, 0.1) is 32.8 Å². The molecule has 1 aromatic heterocycles. The van der Waals surface area contributed by atoms with Crippen molar-refractivity contribution in [1.29, 1.82) is 0 Å². The molecule has 0 bridgehead atoms. The van der Waals surface area contributed by atoms with Crippen LogP contribution in [0.5, 0.6) is 5.75 Å². The molecule has 11 nitrogen and oxygen atoms in total. The lowest BCUT2D eigenvalue weighted by Gasteiger charge is -2.62. The monoisotopic (exact) mass is 750 g/mol. The van der Waals surface area contributed by atoms with Crippen LogP contribution in [-0.2, 0) is 25.5 Å². The molecule has 1 aromatic carbocycles. The molecule has 4 fully saturated rings. The van der Waals surface area contributed by atoms with Crippen LogP contribution in [-0.4, -0.2) is 67.0 Å². The van der Waals surface area contributed by atoms with Crippen LogP contribution in [0.2, 0.25) is 0 Å². The van der Waals surface area contributed by atoms with Crippen LogP contribution in [0.1, 0.15) is 110 Å². The Labute approximate surface area is 319 Å². The number of aliphatic hydroxyl groups excluding tert-OH is 2. The summed E-state index contributed by atoms with van der Waals surface area (Å²) >= 11 is 0. The quantitative estimate of drug-likeness (QED) is 0.108. The van der Waals surface area contributed by atoms with Crippen molar-refractivity contribution < 1.29 is 38.5 Å². The molecule has 4 saturated carbocycles. The van der Waals surface area contributed by atoms with E-state index >= 15 is 0 Å². The third-order valence-electron chi connectivity index (χ3n) is 14.7. The number of nitrogens with one attached hydrogen (secondary N) is 2. The summed E-state index contributed by atoms with van der Waals surface area (Å²) in [5.74, 6) is 2.19. The molecule has 5 unspecified atom stereocenters. The highest BCUT2D eigenvalue weighted by Gasteiger charge is 2.62. The molecular weight excluding hydrogens is 688 g/mol. The number of hydrogen-bond donors (Lipinski definition) is 4. The number of rotatable bonds is 14. The summed E-state index contributed by atoms with van der Waals surface area (Å²) in [6.45, 7) is 7.55. The minimum Gasteiger partial charge on any atom is -0.497 e. The predicted molar refractivity (Wildman–Crippen MR) is 205 cm³/mol.